The maximum atomic E-state index is 13.5. The van der Waals surface area contributed by atoms with E-state index < -0.39 is 16.1 Å². The first-order chi connectivity index (χ1) is 15.6. The molecule has 2 N–H and O–H groups in total. The van der Waals surface area contributed by atoms with Gasteiger partial charge in [-0.1, -0.05) is 69.5 Å². The van der Waals surface area contributed by atoms with Gasteiger partial charge in [0.1, 0.15) is 0 Å². The average Bonchev–Trinajstić information content (AvgIpc) is 3.25. The van der Waals surface area contributed by atoms with E-state index >= 15 is 0 Å². The third-order valence-corrected chi connectivity index (χ3v) is 8.22. The highest BCUT2D eigenvalue weighted by molar-refractivity contribution is 9.10. The topological polar surface area (TPSA) is 70.6 Å². The van der Waals surface area contributed by atoms with Crippen molar-refractivity contribution in [3.05, 3.63) is 97.4 Å². The third kappa shape index (κ3) is 5.44. The maximum absolute atomic E-state index is 13.5. The second-order valence-electron chi connectivity index (χ2n) is 8.03. The molecule has 0 saturated heterocycles. The van der Waals surface area contributed by atoms with Crippen LogP contribution in [0.15, 0.2) is 75.1 Å². The fraction of sp³-hybridized carbons (Fsp3) is 0.208. The molecule has 1 aliphatic heterocycles. The molecule has 0 saturated carbocycles. The van der Waals surface area contributed by atoms with Crippen molar-refractivity contribution in [1.82, 2.24) is 10.1 Å². The Kier molecular flexibility index (Phi) is 7.17. The molecule has 5 nitrogen and oxygen atoms in total. The standard InChI is InChI=1S/C24H22BrCl2N3O2S/c1-14-3-4-15(2)23(11-14)33(31,32)30-24(19-10-9-18(26)12-20(19)27)22-13-21(28-29-22)16-5-7-17(25)8-6-16/h3-12,21,24,28,30H,13H2,1-2H3. The predicted molar refractivity (Wildman–Crippen MR) is 138 cm³/mol. The normalized spacial score (nSPS) is 16.9. The van der Waals surface area contributed by atoms with E-state index in [1.165, 1.54) is 0 Å². The van der Waals surface area contributed by atoms with Gasteiger partial charge < -0.3 is 5.43 Å². The van der Waals surface area contributed by atoms with E-state index in [4.69, 9.17) is 23.2 Å². The number of sulfonamides is 1. The minimum atomic E-state index is -3.87. The summed E-state index contributed by atoms with van der Waals surface area (Å²) in [5, 5.41) is 5.35. The summed E-state index contributed by atoms with van der Waals surface area (Å²) in [6.45, 7) is 3.64. The smallest absolute Gasteiger partial charge is 0.241 e. The first-order valence-electron chi connectivity index (χ1n) is 10.3. The predicted octanol–water partition coefficient (Wildman–Crippen LogP) is 6.48. The molecule has 0 spiro atoms. The molecule has 172 valence electrons. The zero-order valence-electron chi connectivity index (χ0n) is 17.9. The van der Waals surface area contributed by atoms with Gasteiger partial charge in [-0.2, -0.15) is 9.82 Å². The second kappa shape index (κ2) is 9.76. The highest BCUT2D eigenvalue weighted by Crippen LogP contribution is 2.34. The van der Waals surface area contributed by atoms with Gasteiger partial charge in [0.2, 0.25) is 10.0 Å². The Morgan fingerprint density at radius 3 is 2.48 bits per heavy atom. The Morgan fingerprint density at radius 1 is 1.06 bits per heavy atom. The summed E-state index contributed by atoms with van der Waals surface area (Å²) in [6, 6.07) is 17.5. The number of nitrogens with one attached hydrogen (secondary N) is 2. The summed E-state index contributed by atoms with van der Waals surface area (Å²) < 4.78 is 30.7. The number of nitrogens with zero attached hydrogens (tertiary/aromatic N) is 1. The fourth-order valence-corrected chi connectivity index (χ4v) is 6.11. The monoisotopic (exact) mass is 565 g/mol. The van der Waals surface area contributed by atoms with E-state index in [2.05, 4.69) is 31.2 Å². The van der Waals surface area contributed by atoms with E-state index in [0.717, 1.165) is 15.6 Å². The Bertz CT molecular complexity index is 1330. The molecule has 2 atom stereocenters. The maximum Gasteiger partial charge on any atom is 0.241 e. The zero-order valence-corrected chi connectivity index (χ0v) is 21.9. The molecule has 2 unspecified atom stereocenters. The fourth-order valence-electron chi connectivity index (χ4n) is 3.79. The Hall–Kier alpha value is -1.90. The number of hydrogen-bond acceptors (Lipinski definition) is 4. The van der Waals surface area contributed by atoms with Crippen LogP contribution in [0.1, 0.15) is 40.8 Å². The van der Waals surface area contributed by atoms with E-state index in [0.29, 0.717) is 33.3 Å². The van der Waals surface area contributed by atoms with Gasteiger partial charge in [0.05, 0.1) is 22.7 Å². The van der Waals surface area contributed by atoms with Crippen molar-refractivity contribution >= 4 is 54.9 Å². The van der Waals surface area contributed by atoms with Crippen LogP contribution in [0.2, 0.25) is 10.0 Å². The lowest BCUT2D eigenvalue weighted by molar-refractivity contribution is 0.575. The second-order valence-corrected chi connectivity index (χ2v) is 11.5. The molecule has 1 aliphatic rings. The lowest BCUT2D eigenvalue weighted by atomic mass is 9.96. The molecule has 3 aromatic rings. The quantitative estimate of drug-likeness (QED) is 0.358. The summed E-state index contributed by atoms with van der Waals surface area (Å²) in [5.41, 5.74) is 6.94. The Morgan fingerprint density at radius 2 is 1.79 bits per heavy atom. The first kappa shape index (κ1) is 24.2. The van der Waals surface area contributed by atoms with E-state index in [-0.39, 0.29) is 10.9 Å². The summed E-state index contributed by atoms with van der Waals surface area (Å²) in [5.74, 6) is 0. The lowest BCUT2D eigenvalue weighted by Gasteiger charge is -2.21. The largest absolute Gasteiger partial charge is 0.302 e. The number of hydrogen-bond donors (Lipinski definition) is 2. The van der Waals surface area contributed by atoms with Crippen LogP contribution in [0.25, 0.3) is 0 Å². The zero-order chi connectivity index (χ0) is 23.8. The van der Waals surface area contributed by atoms with Gasteiger partial charge in [0, 0.05) is 20.9 Å². The van der Waals surface area contributed by atoms with Gasteiger partial charge >= 0.3 is 0 Å². The lowest BCUT2D eigenvalue weighted by Crippen LogP contribution is -2.34. The summed E-state index contributed by atoms with van der Waals surface area (Å²) in [7, 11) is -3.87. The minimum absolute atomic E-state index is 0.0770. The van der Waals surface area contributed by atoms with Crippen molar-refractivity contribution in [2.75, 3.05) is 0 Å². The molecule has 33 heavy (non-hydrogen) atoms. The molecule has 1 heterocycles. The Labute approximate surface area is 212 Å². The Balaban J connectivity index is 1.70. The van der Waals surface area contributed by atoms with Crippen LogP contribution in [0.3, 0.4) is 0 Å². The van der Waals surface area contributed by atoms with Crippen molar-refractivity contribution in [2.45, 2.75) is 37.2 Å². The van der Waals surface area contributed by atoms with Gasteiger partial charge in [-0.15, -0.1) is 0 Å². The van der Waals surface area contributed by atoms with Crippen molar-refractivity contribution < 1.29 is 8.42 Å². The molecule has 9 heteroatoms. The number of rotatable bonds is 6. The highest BCUT2D eigenvalue weighted by atomic mass is 79.9. The molecule has 0 bridgehead atoms. The van der Waals surface area contributed by atoms with Gasteiger partial charge in [0.15, 0.2) is 0 Å². The molecule has 0 fully saturated rings. The molecule has 0 amide bonds. The SMILES string of the molecule is Cc1ccc(C)c(S(=O)(=O)NC(C2=NNC(c3ccc(Br)cc3)C2)c2ccc(Cl)cc2Cl)c1. The van der Waals surface area contributed by atoms with Gasteiger partial charge in [0.25, 0.3) is 0 Å². The van der Waals surface area contributed by atoms with Crippen LogP contribution < -0.4 is 10.1 Å². The van der Waals surface area contributed by atoms with Crippen LogP contribution in [0.4, 0.5) is 0 Å². The number of halogens is 3. The summed E-state index contributed by atoms with van der Waals surface area (Å²) in [6.07, 6.45) is 0.514. The van der Waals surface area contributed by atoms with Crippen LogP contribution >= 0.6 is 39.1 Å². The van der Waals surface area contributed by atoms with Gasteiger partial charge in [-0.3, -0.25) is 0 Å². The number of aryl methyl sites for hydroxylation is 2. The molecule has 0 aliphatic carbocycles. The minimum Gasteiger partial charge on any atom is -0.302 e. The van der Waals surface area contributed by atoms with Crippen molar-refractivity contribution in [3.8, 4) is 0 Å². The first-order valence-corrected chi connectivity index (χ1v) is 13.3. The average molecular weight is 567 g/mol. The van der Waals surface area contributed by atoms with Crippen LogP contribution in [0.5, 0.6) is 0 Å². The molecule has 0 aromatic heterocycles. The van der Waals surface area contributed by atoms with Crippen LogP contribution in [0, 0.1) is 13.8 Å². The summed E-state index contributed by atoms with van der Waals surface area (Å²) >= 11 is 16.0. The van der Waals surface area contributed by atoms with Crippen LogP contribution in [-0.4, -0.2) is 14.1 Å². The number of hydrazone groups is 1. The van der Waals surface area contributed by atoms with Crippen LogP contribution in [-0.2, 0) is 10.0 Å². The highest BCUT2D eigenvalue weighted by Gasteiger charge is 2.32. The van der Waals surface area contributed by atoms with Gasteiger partial charge in [-0.25, -0.2) is 8.42 Å². The van der Waals surface area contributed by atoms with Gasteiger partial charge in [-0.05, 0) is 66.4 Å². The molecule has 4 rings (SSSR count). The van der Waals surface area contributed by atoms with Crippen molar-refractivity contribution in [2.24, 2.45) is 5.10 Å². The molecule has 0 radical (unpaired) electrons. The van der Waals surface area contributed by atoms with E-state index in [9.17, 15) is 8.42 Å². The third-order valence-electron chi connectivity index (χ3n) is 5.56. The number of benzene rings is 3. The van der Waals surface area contributed by atoms with E-state index in [1.807, 2.05) is 37.3 Å². The van der Waals surface area contributed by atoms with E-state index in [1.54, 1.807) is 37.3 Å². The molecule has 3 aromatic carbocycles. The van der Waals surface area contributed by atoms with Crippen molar-refractivity contribution in [3.63, 3.8) is 0 Å². The summed E-state index contributed by atoms with van der Waals surface area (Å²) in [4.78, 5) is 0.230. The molecular weight excluding hydrogens is 545 g/mol. The van der Waals surface area contributed by atoms with Crippen molar-refractivity contribution in [1.29, 1.82) is 0 Å². The molecular formula is C24H22BrCl2N3O2S.